The second kappa shape index (κ2) is 3.35. The van der Waals surface area contributed by atoms with Gasteiger partial charge in [0.15, 0.2) is 0 Å². The molecule has 1 aromatic heterocycles. The maximum absolute atomic E-state index is 11.0. The minimum Gasteiger partial charge on any atom is -0.384 e. The highest BCUT2D eigenvalue weighted by atomic mass is 16.1. The average molecular weight is 200 g/mol. The van der Waals surface area contributed by atoms with Gasteiger partial charge in [0.1, 0.15) is 5.82 Å². The minimum absolute atomic E-state index is 0.269. The van der Waals surface area contributed by atoms with E-state index in [0.29, 0.717) is 17.1 Å². The third-order valence-electron chi connectivity index (χ3n) is 1.99. The Balaban J connectivity index is 2.59. The fourth-order valence-corrected chi connectivity index (χ4v) is 1.33. The minimum atomic E-state index is -0.269. The molecule has 0 aliphatic heterocycles. The van der Waals surface area contributed by atoms with Crippen LogP contribution in [0, 0.1) is 11.3 Å². The number of nitriles is 1. The monoisotopic (exact) mass is 200 g/mol. The Kier molecular flexibility index (Phi) is 2.03. The Morgan fingerprint density at radius 2 is 2.20 bits per heavy atom. The molecule has 5 nitrogen and oxygen atoms in total. The van der Waals surface area contributed by atoms with Gasteiger partial charge in [-0.2, -0.15) is 5.26 Å². The number of H-pyrrole nitrogens is 1. The van der Waals surface area contributed by atoms with Gasteiger partial charge in [-0.15, -0.1) is 0 Å². The molecule has 1 heterocycles. The van der Waals surface area contributed by atoms with Gasteiger partial charge < -0.3 is 5.73 Å². The van der Waals surface area contributed by atoms with E-state index in [9.17, 15) is 4.79 Å². The largest absolute Gasteiger partial charge is 0.384 e. The number of rotatable bonds is 1. The number of nitrogens with two attached hydrogens (primary N) is 1. The molecule has 0 aliphatic rings. The Hall–Kier alpha value is -2.48. The molecular weight excluding hydrogens is 192 g/mol. The van der Waals surface area contributed by atoms with Crippen molar-refractivity contribution in [3.05, 3.63) is 46.2 Å². The first-order valence-corrected chi connectivity index (χ1v) is 4.29. The molecule has 0 radical (unpaired) electrons. The van der Waals surface area contributed by atoms with Gasteiger partial charge in [0.25, 0.3) is 5.56 Å². The van der Waals surface area contributed by atoms with Crippen molar-refractivity contribution >= 4 is 5.82 Å². The van der Waals surface area contributed by atoms with Gasteiger partial charge in [-0.05, 0) is 18.2 Å². The van der Waals surface area contributed by atoms with Crippen LogP contribution in [0.2, 0.25) is 0 Å². The summed E-state index contributed by atoms with van der Waals surface area (Å²) in [5.74, 6) is 0.315. The second-order valence-corrected chi connectivity index (χ2v) is 3.04. The van der Waals surface area contributed by atoms with Gasteiger partial charge in [-0.25, -0.2) is 4.68 Å². The highest BCUT2D eigenvalue weighted by Gasteiger charge is 2.03. The fraction of sp³-hybridized carbons (Fsp3) is 0. The van der Waals surface area contributed by atoms with E-state index in [1.807, 2.05) is 6.07 Å². The normalized spacial score (nSPS) is 9.80. The zero-order valence-electron chi connectivity index (χ0n) is 7.77. The van der Waals surface area contributed by atoms with Gasteiger partial charge in [-0.3, -0.25) is 9.89 Å². The van der Waals surface area contributed by atoms with Crippen LogP contribution in [-0.2, 0) is 0 Å². The van der Waals surface area contributed by atoms with E-state index in [1.165, 1.54) is 10.7 Å². The molecule has 74 valence electrons. The summed E-state index contributed by atoms with van der Waals surface area (Å²) in [4.78, 5) is 11.0. The van der Waals surface area contributed by atoms with E-state index in [0.717, 1.165) is 0 Å². The number of nitrogen functional groups attached to an aromatic ring is 1. The molecule has 1 aromatic carbocycles. The van der Waals surface area contributed by atoms with Crippen LogP contribution < -0.4 is 11.3 Å². The highest BCUT2D eigenvalue weighted by Crippen LogP contribution is 2.11. The molecule has 0 amide bonds. The lowest BCUT2D eigenvalue weighted by molar-refractivity contribution is 0.873. The summed E-state index contributed by atoms with van der Waals surface area (Å²) in [6.45, 7) is 0. The third kappa shape index (κ3) is 1.60. The molecule has 2 aromatic rings. The quantitative estimate of drug-likeness (QED) is 0.707. The van der Waals surface area contributed by atoms with Gasteiger partial charge in [0.05, 0.1) is 17.3 Å². The lowest BCUT2D eigenvalue weighted by atomic mass is 10.2. The first-order valence-electron chi connectivity index (χ1n) is 4.29. The zero-order valence-corrected chi connectivity index (χ0v) is 7.77. The van der Waals surface area contributed by atoms with Crippen molar-refractivity contribution in [2.24, 2.45) is 0 Å². The highest BCUT2D eigenvalue weighted by molar-refractivity contribution is 5.45. The summed E-state index contributed by atoms with van der Waals surface area (Å²) in [5, 5.41) is 11.3. The summed E-state index contributed by atoms with van der Waals surface area (Å²) >= 11 is 0. The lowest BCUT2D eigenvalue weighted by Gasteiger charge is -2.04. The van der Waals surface area contributed by atoms with Gasteiger partial charge in [0, 0.05) is 6.07 Å². The van der Waals surface area contributed by atoms with Crippen LogP contribution in [0.1, 0.15) is 5.56 Å². The SMILES string of the molecule is N#Cc1cccc(-n2[nH]c(=O)cc2N)c1. The molecule has 0 fully saturated rings. The smallest absolute Gasteiger partial charge is 0.266 e. The zero-order chi connectivity index (χ0) is 10.8. The molecule has 0 atom stereocenters. The van der Waals surface area contributed by atoms with Crippen LogP contribution in [0.3, 0.4) is 0 Å². The van der Waals surface area contributed by atoms with Crippen molar-refractivity contribution in [1.29, 1.82) is 5.26 Å². The van der Waals surface area contributed by atoms with Gasteiger partial charge in [0.2, 0.25) is 0 Å². The lowest BCUT2D eigenvalue weighted by Crippen LogP contribution is -2.05. The molecule has 2 rings (SSSR count). The number of anilines is 1. The van der Waals surface area contributed by atoms with Crippen LogP contribution in [-0.4, -0.2) is 9.78 Å². The van der Waals surface area contributed by atoms with E-state index in [1.54, 1.807) is 24.3 Å². The summed E-state index contributed by atoms with van der Waals surface area (Å²) < 4.78 is 1.43. The Bertz CT molecular complexity index is 588. The fourth-order valence-electron chi connectivity index (χ4n) is 1.33. The van der Waals surface area contributed by atoms with Crippen molar-refractivity contribution in [1.82, 2.24) is 9.78 Å². The molecule has 5 heteroatoms. The van der Waals surface area contributed by atoms with Crippen molar-refractivity contribution in [3.8, 4) is 11.8 Å². The number of nitrogens with one attached hydrogen (secondary N) is 1. The first kappa shape index (κ1) is 9.09. The molecule has 15 heavy (non-hydrogen) atoms. The number of aromatic amines is 1. The summed E-state index contributed by atoms with van der Waals surface area (Å²) in [6, 6.07) is 10.1. The van der Waals surface area contributed by atoms with E-state index in [4.69, 9.17) is 11.0 Å². The predicted molar refractivity (Wildman–Crippen MR) is 55.5 cm³/mol. The van der Waals surface area contributed by atoms with Crippen molar-refractivity contribution in [2.45, 2.75) is 0 Å². The first-order chi connectivity index (χ1) is 7.20. The molecule has 0 unspecified atom stereocenters. The summed E-state index contributed by atoms with van der Waals surface area (Å²) in [5.41, 5.74) is 6.52. The number of benzene rings is 1. The van der Waals surface area contributed by atoms with E-state index in [-0.39, 0.29) is 5.56 Å². The maximum atomic E-state index is 11.0. The van der Waals surface area contributed by atoms with Crippen molar-refractivity contribution in [2.75, 3.05) is 5.73 Å². The molecule has 0 saturated carbocycles. The van der Waals surface area contributed by atoms with E-state index in [2.05, 4.69) is 5.10 Å². The third-order valence-corrected chi connectivity index (χ3v) is 1.99. The second-order valence-electron chi connectivity index (χ2n) is 3.04. The molecule has 3 N–H and O–H groups in total. The Morgan fingerprint density at radius 1 is 1.40 bits per heavy atom. The van der Waals surface area contributed by atoms with Gasteiger partial charge >= 0.3 is 0 Å². The van der Waals surface area contributed by atoms with Crippen LogP contribution >= 0.6 is 0 Å². The van der Waals surface area contributed by atoms with Crippen LogP contribution in [0.5, 0.6) is 0 Å². The van der Waals surface area contributed by atoms with Crippen molar-refractivity contribution < 1.29 is 0 Å². The maximum Gasteiger partial charge on any atom is 0.266 e. The Labute approximate surface area is 85.4 Å². The van der Waals surface area contributed by atoms with Crippen molar-refractivity contribution in [3.63, 3.8) is 0 Å². The summed E-state index contributed by atoms with van der Waals surface area (Å²) in [7, 11) is 0. The predicted octanol–water partition coefficient (Wildman–Crippen LogP) is 0.619. The molecule has 0 aliphatic carbocycles. The Morgan fingerprint density at radius 3 is 2.80 bits per heavy atom. The molecule has 0 spiro atoms. The summed E-state index contributed by atoms with van der Waals surface area (Å²) in [6.07, 6.45) is 0. The van der Waals surface area contributed by atoms with E-state index < -0.39 is 0 Å². The number of hydrogen-bond donors (Lipinski definition) is 2. The average Bonchev–Trinajstić information content (AvgIpc) is 2.58. The molecule has 0 saturated heterocycles. The van der Waals surface area contributed by atoms with E-state index >= 15 is 0 Å². The standard InChI is InChI=1S/C10H8N4O/c11-6-7-2-1-3-8(4-7)14-9(12)5-10(15)13-14/h1-5H,12H2,(H,13,15). The van der Waals surface area contributed by atoms with Crippen LogP contribution in [0.4, 0.5) is 5.82 Å². The molecule has 0 bridgehead atoms. The number of hydrogen-bond acceptors (Lipinski definition) is 3. The molecular formula is C10H8N4O. The number of aromatic nitrogens is 2. The number of nitrogens with zero attached hydrogens (tertiary/aromatic N) is 2. The topological polar surface area (TPSA) is 87.6 Å². The van der Waals surface area contributed by atoms with Crippen LogP contribution in [0.25, 0.3) is 5.69 Å². The van der Waals surface area contributed by atoms with Crippen LogP contribution in [0.15, 0.2) is 35.1 Å². The van der Waals surface area contributed by atoms with Gasteiger partial charge in [-0.1, -0.05) is 6.07 Å².